The Kier molecular flexibility index (Phi) is 8.22. The summed E-state index contributed by atoms with van der Waals surface area (Å²) in [6.07, 6.45) is 1.78. The van der Waals surface area contributed by atoms with Crippen LogP contribution in [0, 0.1) is 11.7 Å². The molecule has 1 heterocycles. The van der Waals surface area contributed by atoms with Gasteiger partial charge in [0.25, 0.3) is 0 Å². The van der Waals surface area contributed by atoms with E-state index in [0.29, 0.717) is 25.4 Å². The molecule has 174 valence electrons. The fourth-order valence-electron chi connectivity index (χ4n) is 3.67. The van der Waals surface area contributed by atoms with Gasteiger partial charge in [-0.1, -0.05) is 12.1 Å². The van der Waals surface area contributed by atoms with E-state index >= 15 is 0 Å². The maximum absolute atomic E-state index is 13.1. The van der Waals surface area contributed by atoms with Crippen molar-refractivity contribution in [1.82, 2.24) is 14.5 Å². The monoisotopic (exact) mass is 463 g/mol. The predicted molar refractivity (Wildman–Crippen MR) is 120 cm³/mol. The Morgan fingerprint density at radius 2 is 1.84 bits per heavy atom. The van der Waals surface area contributed by atoms with Crippen molar-refractivity contribution in [2.24, 2.45) is 5.92 Å². The second kappa shape index (κ2) is 10.9. The molecule has 9 heteroatoms. The normalized spacial score (nSPS) is 17.3. The van der Waals surface area contributed by atoms with Crippen LogP contribution in [0.3, 0.4) is 0 Å². The van der Waals surface area contributed by atoms with Crippen molar-refractivity contribution in [2.75, 3.05) is 40.3 Å². The maximum Gasteiger partial charge on any atom is 0.242 e. The van der Waals surface area contributed by atoms with Crippen LogP contribution in [0.5, 0.6) is 5.75 Å². The fraction of sp³-hybridized carbons (Fsp3) is 0.435. The summed E-state index contributed by atoms with van der Waals surface area (Å²) in [7, 11) is -0.503. The zero-order valence-corrected chi connectivity index (χ0v) is 19.3. The van der Waals surface area contributed by atoms with Crippen LogP contribution in [0.1, 0.15) is 18.4 Å². The Labute approximate surface area is 189 Å². The number of carbonyl (C=O) groups is 1. The van der Waals surface area contributed by atoms with Gasteiger partial charge < -0.3 is 10.1 Å². The van der Waals surface area contributed by atoms with Crippen molar-refractivity contribution < 1.29 is 22.3 Å². The van der Waals surface area contributed by atoms with E-state index in [1.54, 1.807) is 24.3 Å². The highest BCUT2D eigenvalue weighted by Crippen LogP contribution is 2.20. The predicted octanol–water partition coefficient (Wildman–Crippen LogP) is 2.48. The number of rotatable bonds is 9. The molecule has 32 heavy (non-hydrogen) atoms. The summed E-state index contributed by atoms with van der Waals surface area (Å²) in [5.74, 6) is 0.214. The number of hydrogen-bond donors (Lipinski definition) is 1. The van der Waals surface area contributed by atoms with Crippen LogP contribution in [0.15, 0.2) is 53.4 Å². The summed E-state index contributed by atoms with van der Waals surface area (Å²) in [5, 5.41) is 2.92. The first-order valence-electron chi connectivity index (χ1n) is 10.7. The van der Waals surface area contributed by atoms with Crippen molar-refractivity contribution in [3.63, 3.8) is 0 Å². The standard InChI is InChI=1S/C23H30FN3O4S/c1-26(2)32(29,30)22-11-9-21(10-12-22)31-15-13-25-23(28)19-4-3-14-27(17-19)16-18-5-7-20(24)8-6-18/h5-12,19H,3-4,13-17H2,1-2H3,(H,25,28). The molecule has 0 aliphatic carbocycles. The third-order valence-corrected chi connectivity index (χ3v) is 7.30. The minimum Gasteiger partial charge on any atom is -0.492 e. The molecule has 0 radical (unpaired) electrons. The summed E-state index contributed by atoms with van der Waals surface area (Å²) in [6, 6.07) is 12.7. The van der Waals surface area contributed by atoms with E-state index < -0.39 is 10.0 Å². The number of halogens is 1. The average molecular weight is 464 g/mol. The van der Waals surface area contributed by atoms with Crippen molar-refractivity contribution >= 4 is 15.9 Å². The van der Waals surface area contributed by atoms with Gasteiger partial charge in [-0.05, 0) is 61.3 Å². The minimum atomic E-state index is -3.47. The van der Waals surface area contributed by atoms with Crippen LogP contribution in [0.4, 0.5) is 4.39 Å². The van der Waals surface area contributed by atoms with Gasteiger partial charge in [-0.25, -0.2) is 17.1 Å². The zero-order chi connectivity index (χ0) is 23.1. The second-order valence-corrected chi connectivity index (χ2v) is 10.3. The molecule has 0 bridgehead atoms. The number of hydrogen-bond acceptors (Lipinski definition) is 5. The summed E-state index contributed by atoms with van der Waals surface area (Å²) in [6.45, 7) is 2.95. The van der Waals surface area contributed by atoms with Crippen molar-refractivity contribution in [3.05, 3.63) is 59.9 Å². The molecule has 7 nitrogen and oxygen atoms in total. The van der Waals surface area contributed by atoms with E-state index in [2.05, 4.69) is 10.2 Å². The minimum absolute atomic E-state index is 0.00447. The average Bonchev–Trinajstić information content (AvgIpc) is 2.78. The molecule has 0 aromatic heterocycles. The summed E-state index contributed by atoms with van der Waals surface area (Å²) in [4.78, 5) is 15.0. The third-order valence-electron chi connectivity index (χ3n) is 5.47. The van der Waals surface area contributed by atoms with Gasteiger partial charge in [0.2, 0.25) is 15.9 Å². The smallest absolute Gasteiger partial charge is 0.242 e. The Hall–Kier alpha value is -2.49. The lowest BCUT2D eigenvalue weighted by atomic mass is 9.96. The molecule has 2 aromatic rings. The molecule has 0 saturated carbocycles. The molecule has 0 spiro atoms. The largest absolute Gasteiger partial charge is 0.492 e. The van der Waals surface area contributed by atoms with Gasteiger partial charge in [0.05, 0.1) is 17.4 Å². The van der Waals surface area contributed by atoms with Crippen LogP contribution in [0.25, 0.3) is 0 Å². The number of likely N-dealkylation sites (tertiary alicyclic amines) is 1. The fourth-order valence-corrected chi connectivity index (χ4v) is 4.57. The van der Waals surface area contributed by atoms with E-state index in [-0.39, 0.29) is 29.1 Å². The first-order valence-corrected chi connectivity index (χ1v) is 12.1. The summed E-state index contributed by atoms with van der Waals surface area (Å²) >= 11 is 0. The van der Waals surface area contributed by atoms with E-state index in [0.717, 1.165) is 29.3 Å². The van der Waals surface area contributed by atoms with Gasteiger partial charge in [-0.2, -0.15) is 0 Å². The highest BCUT2D eigenvalue weighted by Gasteiger charge is 2.25. The second-order valence-electron chi connectivity index (χ2n) is 8.10. The van der Waals surface area contributed by atoms with Gasteiger partial charge in [-0.3, -0.25) is 9.69 Å². The summed E-state index contributed by atoms with van der Waals surface area (Å²) in [5.41, 5.74) is 1.03. The van der Waals surface area contributed by atoms with Crippen molar-refractivity contribution in [3.8, 4) is 5.75 Å². The molecule has 1 atom stereocenters. The first kappa shape index (κ1) is 24.2. The molecule has 1 amide bonds. The van der Waals surface area contributed by atoms with E-state index in [1.165, 1.54) is 38.4 Å². The lowest BCUT2D eigenvalue weighted by Crippen LogP contribution is -2.43. The number of nitrogens with zero attached hydrogens (tertiary/aromatic N) is 2. The lowest BCUT2D eigenvalue weighted by molar-refractivity contribution is -0.126. The van der Waals surface area contributed by atoms with Crippen molar-refractivity contribution in [1.29, 1.82) is 0 Å². The Morgan fingerprint density at radius 1 is 1.16 bits per heavy atom. The van der Waals surface area contributed by atoms with Crippen LogP contribution >= 0.6 is 0 Å². The number of piperidine rings is 1. The SMILES string of the molecule is CN(C)S(=O)(=O)c1ccc(OCCNC(=O)C2CCCN(Cc3ccc(F)cc3)C2)cc1. The van der Waals surface area contributed by atoms with Gasteiger partial charge in [0.1, 0.15) is 18.2 Å². The molecular weight excluding hydrogens is 433 g/mol. The number of sulfonamides is 1. The van der Waals surface area contributed by atoms with E-state index in [1.807, 2.05) is 0 Å². The zero-order valence-electron chi connectivity index (χ0n) is 18.5. The molecule has 1 saturated heterocycles. The van der Waals surface area contributed by atoms with Crippen molar-refractivity contribution in [2.45, 2.75) is 24.3 Å². The Bertz CT molecular complexity index is 995. The molecule has 1 N–H and O–H groups in total. The number of benzene rings is 2. The number of carbonyl (C=O) groups excluding carboxylic acids is 1. The molecule has 1 aliphatic rings. The lowest BCUT2D eigenvalue weighted by Gasteiger charge is -2.32. The topological polar surface area (TPSA) is 79.0 Å². The number of nitrogens with one attached hydrogen (secondary N) is 1. The number of ether oxygens (including phenoxy) is 1. The maximum atomic E-state index is 13.1. The molecule has 1 aliphatic heterocycles. The molecular formula is C23H30FN3O4S. The van der Waals surface area contributed by atoms with Gasteiger partial charge in [0, 0.05) is 27.2 Å². The van der Waals surface area contributed by atoms with Crippen LogP contribution in [-0.2, 0) is 21.4 Å². The van der Waals surface area contributed by atoms with E-state index in [4.69, 9.17) is 4.74 Å². The first-order chi connectivity index (χ1) is 15.3. The van der Waals surface area contributed by atoms with Gasteiger partial charge >= 0.3 is 0 Å². The Morgan fingerprint density at radius 3 is 2.50 bits per heavy atom. The highest BCUT2D eigenvalue weighted by atomic mass is 32.2. The van der Waals surface area contributed by atoms with Crippen LogP contribution in [0.2, 0.25) is 0 Å². The number of amides is 1. The highest BCUT2D eigenvalue weighted by molar-refractivity contribution is 7.89. The molecule has 3 rings (SSSR count). The molecule has 1 unspecified atom stereocenters. The van der Waals surface area contributed by atoms with E-state index in [9.17, 15) is 17.6 Å². The van der Waals surface area contributed by atoms with Crippen LogP contribution < -0.4 is 10.1 Å². The molecule has 2 aromatic carbocycles. The van der Waals surface area contributed by atoms with Gasteiger partial charge in [0.15, 0.2) is 0 Å². The Balaban J connectivity index is 1.41. The third kappa shape index (κ3) is 6.51. The summed E-state index contributed by atoms with van der Waals surface area (Å²) < 4.78 is 44.0. The van der Waals surface area contributed by atoms with Gasteiger partial charge in [-0.15, -0.1) is 0 Å². The van der Waals surface area contributed by atoms with Crippen LogP contribution in [-0.4, -0.2) is 63.9 Å². The molecule has 1 fully saturated rings. The quantitative estimate of drug-likeness (QED) is 0.578.